The first-order valence-electron chi connectivity index (χ1n) is 3.74. The Morgan fingerprint density at radius 2 is 2.31 bits per heavy atom. The van der Waals surface area contributed by atoms with Crippen LogP contribution in [0, 0.1) is 0 Å². The molecule has 13 heavy (non-hydrogen) atoms. The molecule has 2 aromatic heterocycles. The van der Waals surface area contributed by atoms with Crippen LogP contribution in [-0.2, 0) is 6.73 Å². The summed E-state index contributed by atoms with van der Waals surface area (Å²) in [6.45, 7) is -0.364. The lowest BCUT2D eigenvalue weighted by molar-refractivity contribution is 0.205. The topological polar surface area (TPSA) is 68.0 Å². The normalized spacial score (nSPS) is 10.5. The SMILES string of the molecule is O=c1c2cccnc2ncn1CO. The van der Waals surface area contributed by atoms with Crippen LogP contribution in [0.3, 0.4) is 0 Å². The van der Waals surface area contributed by atoms with Crippen molar-refractivity contribution in [1.82, 2.24) is 14.5 Å². The van der Waals surface area contributed by atoms with Gasteiger partial charge in [0.05, 0.1) is 5.39 Å². The highest BCUT2D eigenvalue weighted by Crippen LogP contribution is 1.99. The average Bonchev–Trinajstić information content (AvgIpc) is 2.19. The predicted octanol–water partition coefficient (Wildman–Crippen LogP) is -0.259. The first-order chi connectivity index (χ1) is 6.33. The molecule has 1 N–H and O–H groups in total. The van der Waals surface area contributed by atoms with Gasteiger partial charge in [0.15, 0.2) is 5.65 Å². The number of nitrogens with zero attached hydrogens (tertiary/aromatic N) is 3. The zero-order valence-electron chi connectivity index (χ0n) is 6.71. The van der Waals surface area contributed by atoms with Crippen molar-refractivity contribution in [2.45, 2.75) is 6.73 Å². The Labute approximate surface area is 73.3 Å². The standard InChI is InChI=1S/C8H7N3O2/c12-5-11-4-10-7-6(8(11)13)2-1-3-9-7/h1-4,12H,5H2. The average molecular weight is 177 g/mol. The van der Waals surface area contributed by atoms with Gasteiger partial charge in [0.2, 0.25) is 0 Å². The van der Waals surface area contributed by atoms with E-state index in [1.165, 1.54) is 6.33 Å². The number of aromatic nitrogens is 3. The summed E-state index contributed by atoms with van der Waals surface area (Å²) in [5.74, 6) is 0. The molecule has 0 amide bonds. The summed E-state index contributed by atoms with van der Waals surface area (Å²) in [5, 5.41) is 9.20. The van der Waals surface area contributed by atoms with E-state index in [2.05, 4.69) is 9.97 Å². The van der Waals surface area contributed by atoms with Gasteiger partial charge < -0.3 is 5.11 Å². The number of aliphatic hydroxyl groups is 1. The maximum Gasteiger partial charge on any atom is 0.264 e. The molecule has 2 rings (SSSR count). The fraction of sp³-hybridized carbons (Fsp3) is 0.125. The fourth-order valence-corrected chi connectivity index (χ4v) is 1.10. The molecule has 0 saturated heterocycles. The lowest BCUT2D eigenvalue weighted by Crippen LogP contribution is -2.20. The van der Waals surface area contributed by atoms with Crippen LogP contribution in [-0.4, -0.2) is 19.6 Å². The Kier molecular flexibility index (Phi) is 1.79. The number of hydrogen-bond donors (Lipinski definition) is 1. The van der Waals surface area contributed by atoms with Gasteiger partial charge in [0.25, 0.3) is 5.56 Å². The molecule has 0 spiro atoms. The minimum atomic E-state index is -0.364. The van der Waals surface area contributed by atoms with Crippen LogP contribution in [0.15, 0.2) is 29.5 Å². The van der Waals surface area contributed by atoms with Crippen molar-refractivity contribution in [3.63, 3.8) is 0 Å². The van der Waals surface area contributed by atoms with E-state index in [0.29, 0.717) is 11.0 Å². The van der Waals surface area contributed by atoms with Gasteiger partial charge in [0, 0.05) is 6.20 Å². The molecular weight excluding hydrogens is 170 g/mol. The molecule has 0 aliphatic rings. The number of pyridine rings is 1. The molecule has 0 bridgehead atoms. The molecule has 0 aliphatic carbocycles. The zero-order valence-corrected chi connectivity index (χ0v) is 6.71. The highest BCUT2D eigenvalue weighted by molar-refractivity contribution is 5.72. The maximum absolute atomic E-state index is 11.5. The van der Waals surface area contributed by atoms with Gasteiger partial charge in [-0.05, 0) is 12.1 Å². The van der Waals surface area contributed by atoms with Crippen LogP contribution >= 0.6 is 0 Å². The molecule has 0 atom stereocenters. The van der Waals surface area contributed by atoms with Crippen LogP contribution in [0.1, 0.15) is 0 Å². The smallest absolute Gasteiger partial charge is 0.264 e. The molecule has 0 saturated carbocycles. The Morgan fingerprint density at radius 3 is 3.08 bits per heavy atom. The maximum atomic E-state index is 11.5. The third kappa shape index (κ3) is 1.19. The quantitative estimate of drug-likeness (QED) is 0.651. The van der Waals surface area contributed by atoms with E-state index in [9.17, 15) is 4.79 Å². The molecule has 2 heterocycles. The summed E-state index contributed by atoms with van der Waals surface area (Å²) in [6.07, 6.45) is 2.84. The van der Waals surface area contributed by atoms with Crippen LogP contribution < -0.4 is 5.56 Å². The van der Waals surface area contributed by atoms with Gasteiger partial charge in [-0.25, -0.2) is 9.97 Å². The Hall–Kier alpha value is -1.75. The predicted molar refractivity (Wildman–Crippen MR) is 46.0 cm³/mol. The number of aliphatic hydroxyl groups excluding tert-OH is 1. The van der Waals surface area contributed by atoms with Gasteiger partial charge in [-0.15, -0.1) is 0 Å². The molecule has 0 radical (unpaired) electrons. The van der Waals surface area contributed by atoms with Crippen LogP contribution in [0.2, 0.25) is 0 Å². The van der Waals surface area contributed by atoms with Gasteiger partial charge >= 0.3 is 0 Å². The number of hydrogen-bond acceptors (Lipinski definition) is 4. The lowest BCUT2D eigenvalue weighted by Gasteiger charge is -2.00. The van der Waals surface area contributed by atoms with Crippen molar-refractivity contribution in [2.75, 3.05) is 0 Å². The molecule has 66 valence electrons. The van der Waals surface area contributed by atoms with Crippen molar-refractivity contribution < 1.29 is 5.11 Å². The molecule has 0 aromatic carbocycles. The Morgan fingerprint density at radius 1 is 1.46 bits per heavy atom. The molecule has 0 aliphatic heterocycles. The highest BCUT2D eigenvalue weighted by Gasteiger charge is 2.01. The van der Waals surface area contributed by atoms with Crippen molar-refractivity contribution in [1.29, 1.82) is 0 Å². The van der Waals surface area contributed by atoms with Gasteiger partial charge in [0.1, 0.15) is 13.1 Å². The molecule has 0 fully saturated rings. The van der Waals surface area contributed by atoms with E-state index in [-0.39, 0.29) is 12.3 Å². The van der Waals surface area contributed by atoms with Crippen molar-refractivity contribution >= 4 is 11.0 Å². The fourth-order valence-electron chi connectivity index (χ4n) is 1.10. The molecular formula is C8H7N3O2. The highest BCUT2D eigenvalue weighted by atomic mass is 16.3. The monoisotopic (exact) mass is 177 g/mol. The van der Waals surface area contributed by atoms with E-state index in [1.54, 1.807) is 18.3 Å². The van der Waals surface area contributed by atoms with Crippen molar-refractivity contribution in [2.24, 2.45) is 0 Å². The first kappa shape index (κ1) is 7.88. The van der Waals surface area contributed by atoms with E-state index >= 15 is 0 Å². The summed E-state index contributed by atoms with van der Waals surface area (Å²) in [6, 6.07) is 3.29. The van der Waals surface area contributed by atoms with E-state index in [1.807, 2.05) is 0 Å². The summed E-state index contributed by atoms with van der Waals surface area (Å²) in [4.78, 5) is 19.3. The van der Waals surface area contributed by atoms with E-state index in [0.717, 1.165) is 4.57 Å². The van der Waals surface area contributed by atoms with Gasteiger partial charge in [-0.1, -0.05) is 0 Å². The number of rotatable bonds is 1. The molecule has 5 heteroatoms. The first-order valence-corrected chi connectivity index (χ1v) is 3.74. The van der Waals surface area contributed by atoms with Gasteiger partial charge in [-0.2, -0.15) is 0 Å². The largest absolute Gasteiger partial charge is 0.376 e. The molecule has 2 aromatic rings. The Bertz CT molecular complexity index is 492. The molecule has 5 nitrogen and oxygen atoms in total. The number of fused-ring (bicyclic) bond motifs is 1. The second-order valence-electron chi connectivity index (χ2n) is 2.54. The lowest BCUT2D eigenvalue weighted by atomic mass is 10.3. The van der Waals surface area contributed by atoms with Crippen LogP contribution in [0.4, 0.5) is 0 Å². The second kappa shape index (κ2) is 2.95. The summed E-state index contributed by atoms with van der Waals surface area (Å²) < 4.78 is 1.12. The van der Waals surface area contributed by atoms with Crippen molar-refractivity contribution in [3.8, 4) is 0 Å². The zero-order chi connectivity index (χ0) is 9.26. The summed E-state index contributed by atoms with van der Waals surface area (Å²) >= 11 is 0. The Balaban J connectivity index is 2.87. The van der Waals surface area contributed by atoms with Crippen molar-refractivity contribution in [3.05, 3.63) is 35.0 Å². The van der Waals surface area contributed by atoms with Gasteiger partial charge in [-0.3, -0.25) is 9.36 Å². The summed E-state index contributed by atoms with van der Waals surface area (Å²) in [5.41, 5.74) is 0.123. The minimum Gasteiger partial charge on any atom is -0.376 e. The van der Waals surface area contributed by atoms with E-state index in [4.69, 9.17) is 5.11 Å². The van der Waals surface area contributed by atoms with E-state index < -0.39 is 0 Å². The van der Waals surface area contributed by atoms with Crippen LogP contribution in [0.25, 0.3) is 11.0 Å². The summed E-state index contributed by atoms with van der Waals surface area (Å²) in [7, 11) is 0. The van der Waals surface area contributed by atoms with Crippen LogP contribution in [0.5, 0.6) is 0 Å². The second-order valence-corrected chi connectivity index (χ2v) is 2.54. The minimum absolute atomic E-state index is 0.277. The molecule has 0 unspecified atom stereocenters. The third-order valence-corrected chi connectivity index (χ3v) is 1.75. The third-order valence-electron chi connectivity index (χ3n) is 1.75.